The molecule has 0 aromatic carbocycles. The number of nitrogens with zero attached hydrogens (tertiary/aromatic N) is 3. The summed E-state index contributed by atoms with van der Waals surface area (Å²) < 4.78 is 0. The van der Waals surface area contributed by atoms with Crippen LogP contribution in [0.5, 0.6) is 0 Å². The fraction of sp³-hybridized carbons (Fsp3) is 0.615. The zero-order valence-corrected chi connectivity index (χ0v) is 12.1. The van der Waals surface area contributed by atoms with Crippen LogP contribution in [0.15, 0.2) is 12.4 Å². The topological polar surface area (TPSA) is 67.1 Å². The summed E-state index contributed by atoms with van der Waals surface area (Å²) in [5.41, 5.74) is 6.23. The van der Waals surface area contributed by atoms with Crippen molar-refractivity contribution in [2.75, 3.05) is 25.0 Å². The van der Waals surface area contributed by atoms with E-state index in [1.807, 2.05) is 0 Å². The van der Waals surface area contributed by atoms with Crippen LogP contribution in [0.4, 0.5) is 5.82 Å². The number of hydrogen-bond acceptors (Lipinski definition) is 5. The Labute approximate surface area is 119 Å². The van der Waals surface area contributed by atoms with Crippen molar-refractivity contribution in [2.24, 2.45) is 5.73 Å². The van der Waals surface area contributed by atoms with Gasteiger partial charge in [0.1, 0.15) is 10.7 Å². The average molecular weight is 279 g/mol. The third kappa shape index (κ3) is 4.11. The molecule has 1 atom stereocenters. The Balaban J connectivity index is 1.94. The lowest BCUT2D eigenvalue weighted by atomic mass is 10.1. The van der Waals surface area contributed by atoms with Gasteiger partial charge in [0, 0.05) is 25.0 Å². The lowest BCUT2D eigenvalue weighted by Crippen LogP contribution is -2.38. The number of hydrogen-bond donors (Lipinski definition) is 2. The standard InChI is InChI=1S/C13H21N5S/c1-10(9-18-7-3-2-4-8-18)17-13-11(12(14)19)15-5-6-16-13/h5-6,10H,2-4,7-9H2,1H3,(H2,14,19)(H,16,17). The van der Waals surface area contributed by atoms with Crippen LogP contribution in [0.1, 0.15) is 31.9 Å². The molecule has 1 unspecified atom stereocenters. The summed E-state index contributed by atoms with van der Waals surface area (Å²) in [7, 11) is 0. The Bertz CT molecular complexity index is 431. The van der Waals surface area contributed by atoms with E-state index in [2.05, 4.69) is 27.1 Å². The van der Waals surface area contributed by atoms with E-state index in [1.165, 1.54) is 32.4 Å². The first-order valence-corrected chi connectivity index (χ1v) is 7.17. The molecule has 0 saturated carbocycles. The molecular weight excluding hydrogens is 258 g/mol. The minimum absolute atomic E-state index is 0.278. The Morgan fingerprint density at radius 3 is 2.74 bits per heavy atom. The Morgan fingerprint density at radius 1 is 1.37 bits per heavy atom. The van der Waals surface area contributed by atoms with Gasteiger partial charge in [0.2, 0.25) is 0 Å². The molecule has 104 valence electrons. The maximum absolute atomic E-state index is 5.65. The van der Waals surface area contributed by atoms with Gasteiger partial charge < -0.3 is 16.0 Å². The minimum atomic E-state index is 0.278. The molecule has 3 N–H and O–H groups in total. The third-order valence-electron chi connectivity index (χ3n) is 3.30. The van der Waals surface area contributed by atoms with Crippen LogP contribution in [0.25, 0.3) is 0 Å². The molecule has 0 amide bonds. The van der Waals surface area contributed by atoms with Gasteiger partial charge >= 0.3 is 0 Å². The molecule has 1 saturated heterocycles. The van der Waals surface area contributed by atoms with Crippen LogP contribution >= 0.6 is 12.2 Å². The van der Waals surface area contributed by atoms with Gasteiger partial charge in [-0.05, 0) is 32.9 Å². The lowest BCUT2D eigenvalue weighted by molar-refractivity contribution is 0.223. The van der Waals surface area contributed by atoms with Crippen molar-refractivity contribution in [1.82, 2.24) is 14.9 Å². The number of likely N-dealkylation sites (tertiary alicyclic amines) is 1. The molecule has 1 aromatic heterocycles. The first kappa shape index (κ1) is 14.1. The second-order valence-corrected chi connectivity index (χ2v) is 5.46. The number of thiocarbonyl (C=S) groups is 1. The zero-order chi connectivity index (χ0) is 13.7. The highest BCUT2D eigenvalue weighted by atomic mass is 32.1. The largest absolute Gasteiger partial charge is 0.388 e. The van der Waals surface area contributed by atoms with Crippen LogP contribution < -0.4 is 11.1 Å². The van der Waals surface area contributed by atoms with Crippen molar-refractivity contribution < 1.29 is 0 Å². The van der Waals surface area contributed by atoms with E-state index >= 15 is 0 Å². The van der Waals surface area contributed by atoms with Crippen molar-refractivity contribution in [3.63, 3.8) is 0 Å². The summed E-state index contributed by atoms with van der Waals surface area (Å²) in [6, 6.07) is 0.294. The molecule has 0 aliphatic carbocycles. The van der Waals surface area contributed by atoms with Crippen LogP contribution in [0.2, 0.25) is 0 Å². The van der Waals surface area contributed by atoms with E-state index in [-0.39, 0.29) is 4.99 Å². The van der Waals surface area contributed by atoms with Crippen LogP contribution in [-0.4, -0.2) is 45.5 Å². The molecule has 0 spiro atoms. The molecule has 6 heteroatoms. The SMILES string of the molecule is CC(CN1CCCCC1)Nc1nccnc1C(N)=S. The van der Waals surface area contributed by atoms with Crippen molar-refractivity contribution in [3.8, 4) is 0 Å². The Morgan fingerprint density at radius 2 is 2.05 bits per heavy atom. The van der Waals surface area contributed by atoms with Gasteiger partial charge in [-0.25, -0.2) is 9.97 Å². The summed E-state index contributed by atoms with van der Waals surface area (Å²) >= 11 is 4.99. The Kier molecular flexibility index (Phi) is 5.04. The molecule has 5 nitrogen and oxygen atoms in total. The Hall–Kier alpha value is -1.27. The molecule has 2 rings (SSSR count). The van der Waals surface area contributed by atoms with Gasteiger partial charge in [-0.2, -0.15) is 0 Å². The van der Waals surface area contributed by atoms with Gasteiger partial charge in [0.15, 0.2) is 5.82 Å². The normalized spacial score (nSPS) is 17.9. The molecule has 1 fully saturated rings. The highest BCUT2D eigenvalue weighted by Crippen LogP contribution is 2.12. The number of piperidine rings is 1. The number of rotatable bonds is 5. The monoisotopic (exact) mass is 279 g/mol. The van der Waals surface area contributed by atoms with E-state index in [1.54, 1.807) is 12.4 Å². The quantitative estimate of drug-likeness (QED) is 0.794. The molecule has 19 heavy (non-hydrogen) atoms. The van der Waals surface area contributed by atoms with Crippen molar-refractivity contribution >= 4 is 23.0 Å². The van der Waals surface area contributed by atoms with Gasteiger partial charge in [0.05, 0.1) is 0 Å². The molecular formula is C13H21N5S. The van der Waals surface area contributed by atoms with Crippen LogP contribution in [0.3, 0.4) is 0 Å². The van der Waals surface area contributed by atoms with E-state index in [0.717, 1.165) is 6.54 Å². The van der Waals surface area contributed by atoms with Gasteiger partial charge in [-0.15, -0.1) is 0 Å². The smallest absolute Gasteiger partial charge is 0.155 e. The highest BCUT2D eigenvalue weighted by molar-refractivity contribution is 7.80. The van der Waals surface area contributed by atoms with E-state index < -0.39 is 0 Å². The van der Waals surface area contributed by atoms with Crippen LogP contribution in [0, 0.1) is 0 Å². The fourth-order valence-electron chi connectivity index (χ4n) is 2.43. The fourth-order valence-corrected chi connectivity index (χ4v) is 2.58. The zero-order valence-electron chi connectivity index (χ0n) is 11.3. The molecule has 1 aromatic rings. The predicted molar refractivity (Wildman–Crippen MR) is 81.3 cm³/mol. The molecule has 2 heterocycles. The van der Waals surface area contributed by atoms with Crippen LogP contribution in [-0.2, 0) is 0 Å². The molecule has 0 radical (unpaired) electrons. The van der Waals surface area contributed by atoms with Gasteiger partial charge in [-0.3, -0.25) is 0 Å². The third-order valence-corrected chi connectivity index (χ3v) is 3.49. The molecule has 1 aliphatic rings. The number of anilines is 1. The summed E-state index contributed by atoms with van der Waals surface area (Å²) in [4.78, 5) is 11.2. The molecule has 0 bridgehead atoms. The van der Waals surface area contributed by atoms with E-state index in [4.69, 9.17) is 18.0 Å². The number of nitrogens with two attached hydrogens (primary N) is 1. The van der Waals surface area contributed by atoms with Crippen molar-refractivity contribution in [2.45, 2.75) is 32.2 Å². The second kappa shape index (κ2) is 6.77. The van der Waals surface area contributed by atoms with Gasteiger partial charge in [0.25, 0.3) is 0 Å². The van der Waals surface area contributed by atoms with Gasteiger partial charge in [-0.1, -0.05) is 18.6 Å². The van der Waals surface area contributed by atoms with E-state index in [9.17, 15) is 0 Å². The maximum atomic E-state index is 5.65. The maximum Gasteiger partial charge on any atom is 0.155 e. The summed E-state index contributed by atoms with van der Waals surface area (Å²) in [6.07, 6.45) is 7.22. The summed E-state index contributed by atoms with van der Waals surface area (Å²) in [5, 5.41) is 3.36. The van der Waals surface area contributed by atoms with E-state index in [0.29, 0.717) is 17.6 Å². The molecule has 1 aliphatic heterocycles. The second-order valence-electron chi connectivity index (χ2n) is 5.02. The number of nitrogens with one attached hydrogen (secondary N) is 1. The minimum Gasteiger partial charge on any atom is -0.388 e. The highest BCUT2D eigenvalue weighted by Gasteiger charge is 2.15. The summed E-state index contributed by atoms with van der Waals surface area (Å²) in [6.45, 7) is 5.53. The summed E-state index contributed by atoms with van der Waals surface area (Å²) in [5.74, 6) is 0.680. The lowest BCUT2D eigenvalue weighted by Gasteiger charge is -2.29. The first-order valence-electron chi connectivity index (χ1n) is 6.76. The first-order chi connectivity index (χ1) is 9.16. The van der Waals surface area contributed by atoms with Crippen molar-refractivity contribution in [3.05, 3.63) is 18.1 Å². The average Bonchev–Trinajstić information content (AvgIpc) is 2.40. The van der Waals surface area contributed by atoms with Crippen molar-refractivity contribution in [1.29, 1.82) is 0 Å². The number of aromatic nitrogens is 2. The predicted octanol–water partition coefficient (Wildman–Crippen LogP) is 1.40.